The molecule has 1 amide bonds. The molecule has 7 heteroatoms. The van der Waals surface area contributed by atoms with Crippen molar-refractivity contribution in [3.63, 3.8) is 0 Å². The zero-order valence-electron chi connectivity index (χ0n) is 12.6. The van der Waals surface area contributed by atoms with Gasteiger partial charge in [-0.1, -0.05) is 0 Å². The van der Waals surface area contributed by atoms with Crippen molar-refractivity contribution in [2.75, 3.05) is 12.3 Å². The minimum Gasteiger partial charge on any atom is -0.444 e. The minimum atomic E-state index is -1.26. The molecule has 1 aliphatic rings. The van der Waals surface area contributed by atoms with Crippen LogP contribution in [0.5, 0.6) is 0 Å². The molecule has 116 valence electrons. The first-order valence-corrected chi connectivity index (χ1v) is 8.33. The van der Waals surface area contributed by atoms with Crippen molar-refractivity contribution in [2.24, 2.45) is 0 Å². The highest BCUT2D eigenvalue weighted by Crippen LogP contribution is 2.22. The first-order chi connectivity index (χ1) is 9.87. The number of nitrogens with zero attached hydrogens (tertiary/aromatic N) is 3. The van der Waals surface area contributed by atoms with Gasteiger partial charge in [0.05, 0.1) is 22.7 Å². The highest BCUT2D eigenvalue weighted by Gasteiger charge is 2.33. The fourth-order valence-corrected chi connectivity index (χ4v) is 3.46. The van der Waals surface area contributed by atoms with Crippen LogP contribution in [-0.4, -0.2) is 49.1 Å². The SMILES string of the molecule is CC(C)(C)OC(=O)N1CCC[C@@H]1C[S@](=O)c1cnccn1. The first-order valence-electron chi connectivity index (χ1n) is 7.01. The lowest BCUT2D eigenvalue weighted by Gasteiger charge is -2.28. The molecular formula is C14H21N3O3S. The summed E-state index contributed by atoms with van der Waals surface area (Å²) < 4.78 is 17.7. The molecule has 0 aliphatic carbocycles. The molecule has 1 saturated heterocycles. The third-order valence-corrected chi connectivity index (χ3v) is 4.49. The number of hydrogen-bond acceptors (Lipinski definition) is 5. The average Bonchev–Trinajstić information content (AvgIpc) is 2.86. The van der Waals surface area contributed by atoms with E-state index in [0.29, 0.717) is 17.3 Å². The summed E-state index contributed by atoms with van der Waals surface area (Å²) in [7, 11) is -1.26. The van der Waals surface area contributed by atoms with Crippen LogP contribution in [0.1, 0.15) is 33.6 Å². The van der Waals surface area contributed by atoms with Gasteiger partial charge in [0.1, 0.15) is 10.6 Å². The number of rotatable bonds is 3. The van der Waals surface area contributed by atoms with Crippen molar-refractivity contribution in [3.05, 3.63) is 18.6 Å². The second kappa shape index (κ2) is 6.51. The summed E-state index contributed by atoms with van der Waals surface area (Å²) in [5.41, 5.74) is -0.520. The second-order valence-corrected chi connectivity index (χ2v) is 7.47. The summed E-state index contributed by atoms with van der Waals surface area (Å²) in [5, 5.41) is 0.452. The van der Waals surface area contributed by atoms with Crippen LogP contribution in [0.15, 0.2) is 23.6 Å². The Balaban J connectivity index is 1.99. The number of hydrogen-bond donors (Lipinski definition) is 0. The zero-order valence-corrected chi connectivity index (χ0v) is 13.4. The Morgan fingerprint density at radius 2 is 2.24 bits per heavy atom. The number of aromatic nitrogens is 2. The third-order valence-electron chi connectivity index (χ3n) is 3.12. The molecule has 1 aliphatic heterocycles. The molecule has 1 aromatic rings. The van der Waals surface area contributed by atoms with E-state index in [9.17, 15) is 9.00 Å². The summed E-state index contributed by atoms with van der Waals surface area (Å²) in [6.45, 7) is 6.17. The molecular weight excluding hydrogens is 290 g/mol. The van der Waals surface area contributed by atoms with E-state index in [2.05, 4.69) is 9.97 Å². The van der Waals surface area contributed by atoms with E-state index >= 15 is 0 Å². The van der Waals surface area contributed by atoms with E-state index in [-0.39, 0.29) is 12.1 Å². The third kappa shape index (κ3) is 4.49. The molecule has 0 spiro atoms. The number of likely N-dealkylation sites (tertiary alicyclic amines) is 1. The molecule has 2 atom stereocenters. The highest BCUT2D eigenvalue weighted by atomic mass is 32.2. The van der Waals surface area contributed by atoms with Gasteiger partial charge in [0.25, 0.3) is 0 Å². The van der Waals surface area contributed by atoms with Gasteiger partial charge in [-0.3, -0.25) is 9.19 Å². The number of ether oxygens (including phenoxy) is 1. The molecule has 0 unspecified atom stereocenters. The quantitative estimate of drug-likeness (QED) is 0.853. The lowest BCUT2D eigenvalue weighted by Crippen LogP contribution is -2.42. The molecule has 0 saturated carbocycles. The molecule has 2 heterocycles. The Labute approximate surface area is 127 Å². The summed E-state index contributed by atoms with van der Waals surface area (Å²) in [5.74, 6) is 0.373. The molecule has 2 rings (SSSR count). The second-order valence-electron chi connectivity index (χ2n) is 6.03. The van der Waals surface area contributed by atoms with E-state index in [0.717, 1.165) is 12.8 Å². The van der Waals surface area contributed by atoms with Gasteiger partial charge in [0.15, 0.2) is 0 Å². The van der Waals surface area contributed by atoms with Crippen LogP contribution in [0, 0.1) is 0 Å². The molecule has 1 aromatic heterocycles. The first kappa shape index (κ1) is 15.9. The number of carbonyl (C=O) groups is 1. The maximum absolute atomic E-state index is 12.3. The van der Waals surface area contributed by atoms with Gasteiger partial charge in [0, 0.05) is 25.0 Å². The molecule has 21 heavy (non-hydrogen) atoms. The average molecular weight is 311 g/mol. The maximum Gasteiger partial charge on any atom is 0.410 e. The number of carbonyl (C=O) groups excluding carboxylic acids is 1. The van der Waals surface area contributed by atoms with Crippen LogP contribution in [0.3, 0.4) is 0 Å². The standard InChI is InChI=1S/C14H21N3O3S/c1-14(2,3)20-13(18)17-8-4-5-11(17)10-21(19)12-9-15-6-7-16-12/h6-7,9,11H,4-5,8,10H2,1-3H3/t11-,21+/m1/s1. The van der Waals surface area contributed by atoms with Gasteiger partial charge in [-0.25, -0.2) is 9.78 Å². The Hall–Kier alpha value is -1.50. The summed E-state index contributed by atoms with van der Waals surface area (Å²) in [4.78, 5) is 21.8. The van der Waals surface area contributed by atoms with Crippen LogP contribution < -0.4 is 0 Å². The lowest BCUT2D eigenvalue weighted by molar-refractivity contribution is 0.0241. The highest BCUT2D eigenvalue weighted by molar-refractivity contribution is 7.85. The monoisotopic (exact) mass is 311 g/mol. The van der Waals surface area contributed by atoms with Crippen LogP contribution in [0.25, 0.3) is 0 Å². The van der Waals surface area contributed by atoms with Gasteiger partial charge < -0.3 is 9.64 Å². The van der Waals surface area contributed by atoms with Crippen molar-refractivity contribution in [2.45, 2.75) is 50.3 Å². The van der Waals surface area contributed by atoms with Gasteiger partial charge >= 0.3 is 6.09 Å². The molecule has 0 N–H and O–H groups in total. The van der Waals surface area contributed by atoms with Crippen LogP contribution in [-0.2, 0) is 15.5 Å². The Morgan fingerprint density at radius 3 is 2.86 bits per heavy atom. The smallest absolute Gasteiger partial charge is 0.410 e. The number of amides is 1. The molecule has 0 radical (unpaired) electrons. The Kier molecular flexibility index (Phi) is 4.92. The summed E-state index contributed by atoms with van der Waals surface area (Å²) in [6, 6.07) is -0.0670. The Morgan fingerprint density at radius 1 is 1.48 bits per heavy atom. The van der Waals surface area contributed by atoms with Gasteiger partial charge in [-0.05, 0) is 33.6 Å². The lowest BCUT2D eigenvalue weighted by atomic mass is 10.2. The van der Waals surface area contributed by atoms with E-state index in [1.165, 1.54) is 12.4 Å². The zero-order chi connectivity index (χ0) is 15.5. The fraction of sp³-hybridized carbons (Fsp3) is 0.643. The normalized spacial score (nSPS) is 20.3. The van der Waals surface area contributed by atoms with E-state index in [1.807, 2.05) is 20.8 Å². The Bertz CT molecular complexity index is 516. The maximum atomic E-state index is 12.3. The topological polar surface area (TPSA) is 72.4 Å². The van der Waals surface area contributed by atoms with Crippen LogP contribution >= 0.6 is 0 Å². The predicted octanol–water partition coefficient (Wildman–Crippen LogP) is 1.98. The minimum absolute atomic E-state index is 0.0670. The van der Waals surface area contributed by atoms with E-state index in [4.69, 9.17) is 4.74 Å². The van der Waals surface area contributed by atoms with E-state index < -0.39 is 16.4 Å². The van der Waals surface area contributed by atoms with Crippen molar-refractivity contribution >= 4 is 16.9 Å². The van der Waals surface area contributed by atoms with Crippen molar-refractivity contribution < 1.29 is 13.7 Å². The molecule has 6 nitrogen and oxygen atoms in total. The van der Waals surface area contributed by atoms with Crippen LogP contribution in [0.2, 0.25) is 0 Å². The van der Waals surface area contributed by atoms with E-state index in [1.54, 1.807) is 11.1 Å². The van der Waals surface area contributed by atoms with Gasteiger partial charge in [-0.2, -0.15) is 0 Å². The summed E-state index contributed by atoms with van der Waals surface area (Å²) in [6.07, 6.45) is 5.98. The molecule has 0 aromatic carbocycles. The largest absolute Gasteiger partial charge is 0.444 e. The molecule has 0 bridgehead atoms. The summed E-state index contributed by atoms with van der Waals surface area (Å²) >= 11 is 0. The van der Waals surface area contributed by atoms with Gasteiger partial charge in [-0.15, -0.1) is 0 Å². The van der Waals surface area contributed by atoms with Crippen molar-refractivity contribution in [1.29, 1.82) is 0 Å². The fourth-order valence-electron chi connectivity index (χ4n) is 2.23. The van der Waals surface area contributed by atoms with Gasteiger partial charge in [0.2, 0.25) is 0 Å². The predicted molar refractivity (Wildman–Crippen MR) is 79.3 cm³/mol. The van der Waals surface area contributed by atoms with Crippen molar-refractivity contribution in [1.82, 2.24) is 14.9 Å². The van der Waals surface area contributed by atoms with Crippen LogP contribution in [0.4, 0.5) is 4.79 Å². The van der Waals surface area contributed by atoms with Crippen molar-refractivity contribution in [3.8, 4) is 0 Å². The molecule has 1 fully saturated rings.